The molecule has 6 nitrogen and oxygen atoms in total. The van der Waals surface area contributed by atoms with Gasteiger partial charge in [-0.25, -0.2) is 4.79 Å². The van der Waals surface area contributed by atoms with Crippen LogP contribution in [-0.2, 0) is 0 Å². The highest BCUT2D eigenvalue weighted by Gasteiger charge is 2.11. The highest BCUT2D eigenvalue weighted by Crippen LogP contribution is 2.21. The number of aromatic hydroxyl groups is 1. The van der Waals surface area contributed by atoms with E-state index < -0.39 is 11.5 Å². The Morgan fingerprint density at radius 2 is 1.87 bits per heavy atom. The largest absolute Gasteiger partial charge is 0.508 e. The van der Waals surface area contributed by atoms with E-state index in [-0.39, 0.29) is 17.0 Å². The van der Waals surface area contributed by atoms with E-state index in [9.17, 15) is 14.7 Å². The summed E-state index contributed by atoms with van der Waals surface area (Å²) >= 11 is 0. The second-order valence-electron chi connectivity index (χ2n) is 4.81. The minimum Gasteiger partial charge on any atom is -0.508 e. The number of nitriles is 1. The zero-order valence-electron chi connectivity index (χ0n) is 11.7. The molecule has 1 heterocycles. The van der Waals surface area contributed by atoms with Crippen LogP contribution in [-0.4, -0.2) is 11.0 Å². The SMILES string of the molecule is N#Cc1ccc(C(=O)Nc2cc3ccc(O)cc3oc2=O)cc1. The normalized spacial score (nSPS) is 10.2. The lowest BCUT2D eigenvalue weighted by Crippen LogP contribution is -2.17. The number of anilines is 1. The van der Waals surface area contributed by atoms with Gasteiger partial charge in [0.25, 0.3) is 5.91 Å². The molecule has 6 heteroatoms. The summed E-state index contributed by atoms with van der Waals surface area (Å²) in [7, 11) is 0. The lowest BCUT2D eigenvalue weighted by molar-refractivity contribution is 0.102. The standard InChI is InChI=1S/C17H10N2O4/c18-9-10-1-3-11(4-2-10)16(21)19-14-7-12-5-6-13(20)8-15(12)23-17(14)22/h1-8,20H,(H,19,21). The first-order valence-corrected chi connectivity index (χ1v) is 6.65. The van der Waals surface area contributed by atoms with Gasteiger partial charge in [0.2, 0.25) is 0 Å². The van der Waals surface area contributed by atoms with Crippen molar-refractivity contribution in [2.75, 3.05) is 5.32 Å². The van der Waals surface area contributed by atoms with Gasteiger partial charge in [0, 0.05) is 17.0 Å². The number of phenolic OH excluding ortho intramolecular Hbond substituents is 1. The average Bonchev–Trinajstić information content (AvgIpc) is 2.55. The van der Waals surface area contributed by atoms with Crippen molar-refractivity contribution in [3.8, 4) is 11.8 Å². The summed E-state index contributed by atoms with van der Waals surface area (Å²) in [5, 5.41) is 21.2. The molecule has 2 N–H and O–H groups in total. The molecule has 0 saturated carbocycles. The van der Waals surface area contributed by atoms with Gasteiger partial charge in [0.15, 0.2) is 0 Å². The highest BCUT2D eigenvalue weighted by molar-refractivity contribution is 6.04. The van der Waals surface area contributed by atoms with Crippen LogP contribution >= 0.6 is 0 Å². The molecular formula is C17H10N2O4. The van der Waals surface area contributed by atoms with Crippen molar-refractivity contribution in [2.45, 2.75) is 0 Å². The Morgan fingerprint density at radius 3 is 2.57 bits per heavy atom. The second kappa shape index (κ2) is 5.66. The van der Waals surface area contributed by atoms with Crippen molar-refractivity contribution in [3.63, 3.8) is 0 Å². The number of hydrogen-bond acceptors (Lipinski definition) is 5. The third-order valence-corrected chi connectivity index (χ3v) is 3.24. The number of fused-ring (bicyclic) bond motifs is 1. The van der Waals surface area contributed by atoms with E-state index in [0.29, 0.717) is 16.5 Å². The van der Waals surface area contributed by atoms with Crippen LogP contribution in [0.25, 0.3) is 11.0 Å². The summed E-state index contributed by atoms with van der Waals surface area (Å²) in [4.78, 5) is 24.0. The second-order valence-corrected chi connectivity index (χ2v) is 4.81. The third kappa shape index (κ3) is 2.89. The fourth-order valence-corrected chi connectivity index (χ4v) is 2.08. The van der Waals surface area contributed by atoms with Crippen molar-refractivity contribution < 1.29 is 14.3 Å². The smallest absolute Gasteiger partial charge is 0.360 e. The Morgan fingerprint density at radius 1 is 1.13 bits per heavy atom. The summed E-state index contributed by atoms with van der Waals surface area (Å²) in [6.07, 6.45) is 0. The highest BCUT2D eigenvalue weighted by atomic mass is 16.4. The minimum absolute atomic E-state index is 0.00227. The molecule has 3 aromatic rings. The van der Waals surface area contributed by atoms with Crippen LogP contribution in [0.2, 0.25) is 0 Å². The van der Waals surface area contributed by atoms with Crippen LogP contribution in [0.3, 0.4) is 0 Å². The molecule has 0 radical (unpaired) electrons. The number of nitrogens with one attached hydrogen (secondary N) is 1. The van der Waals surface area contributed by atoms with Gasteiger partial charge >= 0.3 is 5.63 Å². The molecule has 0 atom stereocenters. The summed E-state index contributed by atoms with van der Waals surface area (Å²) in [5.41, 5.74) is 0.259. The number of carbonyl (C=O) groups is 1. The summed E-state index contributed by atoms with van der Waals surface area (Å²) in [6, 6.07) is 13.8. The molecule has 0 aliphatic heterocycles. The van der Waals surface area contributed by atoms with Gasteiger partial charge in [-0.1, -0.05) is 0 Å². The van der Waals surface area contributed by atoms with Crippen LogP contribution < -0.4 is 10.9 Å². The van der Waals surface area contributed by atoms with Gasteiger partial charge in [-0.05, 0) is 42.5 Å². The Hall–Kier alpha value is -3.59. The minimum atomic E-state index is -0.718. The maximum absolute atomic E-state index is 12.1. The quantitative estimate of drug-likeness (QED) is 0.708. The Labute approximate surface area is 130 Å². The van der Waals surface area contributed by atoms with Crippen LogP contribution in [0, 0.1) is 11.3 Å². The molecule has 23 heavy (non-hydrogen) atoms. The van der Waals surface area contributed by atoms with E-state index in [2.05, 4.69) is 5.32 Å². The predicted octanol–water partition coefficient (Wildman–Crippen LogP) is 2.62. The summed E-state index contributed by atoms with van der Waals surface area (Å²) < 4.78 is 5.07. The van der Waals surface area contributed by atoms with Gasteiger partial charge in [-0.3, -0.25) is 4.79 Å². The summed E-state index contributed by atoms with van der Waals surface area (Å²) in [6.45, 7) is 0. The molecule has 0 aliphatic rings. The molecule has 1 aromatic heterocycles. The zero-order chi connectivity index (χ0) is 16.4. The van der Waals surface area contributed by atoms with Gasteiger partial charge in [-0.2, -0.15) is 5.26 Å². The lowest BCUT2D eigenvalue weighted by atomic mass is 10.1. The molecule has 0 unspecified atom stereocenters. The molecule has 1 amide bonds. The van der Waals surface area contributed by atoms with Crippen molar-refractivity contribution in [1.82, 2.24) is 0 Å². The first-order chi connectivity index (χ1) is 11.1. The zero-order valence-corrected chi connectivity index (χ0v) is 11.7. The predicted molar refractivity (Wildman–Crippen MR) is 83.3 cm³/mol. The van der Waals surface area contributed by atoms with E-state index in [0.717, 1.165) is 0 Å². The van der Waals surface area contributed by atoms with Crippen molar-refractivity contribution >= 4 is 22.6 Å². The number of carbonyl (C=O) groups excluding carboxylic acids is 1. The van der Waals surface area contributed by atoms with E-state index in [1.54, 1.807) is 6.07 Å². The molecular weight excluding hydrogens is 296 g/mol. The molecule has 3 rings (SSSR count). The topological polar surface area (TPSA) is 103 Å². The van der Waals surface area contributed by atoms with E-state index in [4.69, 9.17) is 9.68 Å². The molecule has 0 spiro atoms. The monoisotopic (exact) mass is 306 g/mol. The van der Waals surface area contributed by atoms with Crippen LogP contribution in [0.5, 0.6) is 5.75 Å². The van der Waals surface area contributed by atoms with Gasteiger partial charge in [0.05, 0.1) is 11.6 Å². The third-order valence-electron chi connectivity index (χ3n) is 3.24. The molecule has 0 aliphatic carbocycles. The Bertz CT molecular complexity index is 998. The first kappa shape index (κ1) is 14.4. The average molecular weight is 306 g/mol. The van der Waals surface area contributed by atoms with Gasteiger partial charge in [0.1, 0.15) is 17.0 Å². The number of rotatable bonds is 2. The number of benzene rings is 2. The fourth-order valence-electron chi connectivity index (χ4n) is 2.08. The van der Waals surface area contributed by atoms with Gasteiger partial charge in [-0.15, -0.1) is 0 Å². The van der Waals surface area contributed by atoms with Crippen molar-refractivity contribution in [2.24, 2.45) is 0 Å². The maximum atomic E-state index is 12.1. The van der Waals surface area contributed by atoms with E-state index in [1.165, 1.54) is 42.5 Å². The molecule has 0 bridgehead atoms. The van der Waals surface area contributed by atoms with Crippen molar-refractivity contribution in [3.05, 3.63) is 70.1 Å². The first-order valence-electron chi connectivity index (χ1n) is 6.65. The number of hydrogen-bond donors (Lipinski definition) is 2. The van der Waals surface area contributed by atoms with Crippen LogP contribution in [0.1, 0.15) is 15.9 Å². The van der Waals surface area contributed by atoms with Gasteiger partial charge < -0.3 is 14.8 Å². The Balaban J connectivity index is 1.92. The van der Waals surface area contributed by atoms with Crippen molar-refractivity contribution in [1.29, 1.82) is 5.26 Å². The fraction of sp³-hybridized carbons (Fsp3) is 0. The number of phenols is 1. The Kier molecular flexibility index (Phi) is 3.53. The molecule has 0 fully saturated rings. The molecule has 112 valence electrons. The number of amides is 1. The van der Waals surface area contributed by atoms with E-state index >= 15 is 0 Å². The molecule has 2 aromatic carbocycles. The number of nitrogens with zero attached hydrogens (tertiary/aromatic N) is 1. The summed E-state index contributed by atoms with van der Waals surface area (Å²) in [5.74, 6) is -0.505. The lowest BCUT2D eigenvalue weighted by Gasteiger charge is -2.05. The van der Waals surface area contributed by atoms with Crippen LogP contribution in [0.4, 0.5) is 5.69 Å². The molecule has 0 saturated heterocycles. The van der Waals surface area contributed by atoms with Crippen LogP contribution in [0.15, 0.2) is 57.7 Å². The van der Waals surface area contributed by atoms with E-state index in [1.807, 2.05) is 6.07 Å². The maximum Gasteiger partial charge on any atom is 0.360 e.